The second-order valence-electron chi connectivity index (χ2n) is 7.58. The lowest BCUT2D eigenvalue weighted by Crippen LogP contribution is -2.57. The van der Waals surface area contributed by atoms with Gasteiger partial charge in [-0.3, -0.25) is 9.36 Å². The Morgan fingerprint density at radius 3 is 2.62 bits per heavy atom. The van der Waals surface area contributed by atoms with Crippen molar-refractivity contribution < 1.29 is 18.0 Å². The van der Waals surface area contributed by atoms with Crippen LogP contribution in [0, 0.1) is 11.3 Å². The Labute approximate surface area is 185 Å². The molecule has 2 unspecified atom stereocenters. The van der Waals surface area contributed by atoms with E-state index < -0.39 is 17.1 Å². The van der Waals surface area contributed by atoms with E-state index in [0.717, 1.165) is 6.20 Å². The zero-order chi connectivity index (χ0) is 23.2. The molecule has 1 saturated heterocycles. The lowest BCUT2D eigenvalue weighted by molar-refractivity contribution is -0.136. The van der Waals surface area contributed by atoms with Crippen molar-refractivity contribution in [3.05, 3.63) is 42.0 Å². The first-order valence-electron chi connectivity index (χ1n) is 9.64. The lowest BCUT2D eigenvalue weighted by Gasteiger charge is -2.44. The number of anilines is 1. The van der Waals surface area contributed by atoms with Gasteiger partial charge in [-0.15, -0.1) is 0 Å². The number of pyridine rings is 1. The van der Waals surface area contributed by atoms with Crippen LogP contribution in [0.4, 0.5) is 23.8 Å². The Morgan fingerprint density at radius 1 is 1.22 bits per heavy atom. The maximum absolute atomic E-state index is 14.1. The molecule has 4 heterocycles. The highest BCUT2D eigenvalue weighted by Gasteiger charge is 2.39. The maximum Gasteiger partial charge on any atom is 0.418 e. The molecule has 166 valence electrons. The molecular weight excluding hydrogens is 447 g/mol. The number of hydrogen-bond acceptors (Lipinski definition) is 6. The summed E-state index contributed by atoms with van der Waals surface area (Å²) >= 11 is 5.65. The van der Waals surface area contributed by atoms with Crippen LogP contribution >= 0.6 is 11.6 Å². The van der Waals surface area contributed by atoms with E-state index in [9.17, 15) is 18.0 Å². The van der Waals surface area contributed by atoms with Gasteiger partial charge >= 0.3 is 11.5 Å². The minimum absolute atomic E-state index is 0.0145. The number of nitriles is 1. The minimum Gasteiger partial charge on any atom is -0.349 e. The molecule has 0 bridgehead atoms. The zero-order valence-electron chi connectivity index (χ0n) is 17.0. The molecule has 1 amide bonds. The average molecular weight is 464 g/mol. The molecule has 8 nitrogen and oxygen atoms in total. The number of piperazine rings is 1. The molecule has 0 radical (unpaired) electrons. The number of rotatable bonds is 2. The summed E-state index contributed by atoms with van der Waals surface area (Å²) in [6.07, 6.45) is -1.22. The molecule has 0 N–H and O–H groups in total. The number of carbonyl (C=O) groups excluding carboxylic acids is 1. The first-order chi connectivity index (χ1) is 15.1. The number of alkyl halides is 3. The van der Waals surface area contributed by atoms with Gasteiger partial charge in [0.05, 0.1) is 22.6 Å². The van der Waals surface area contributed by atoms with Crippen LogP contribution in [0.2, 0.25) is 0 Å². The molecule has 12 heteroatoms. The third kappa shape index (κ3) is 3.71. The lowest BCUT2D eigenvalue weighted by atomic mass is 10.1. The van der Waals surface area contributed by atoms with Crippen molar-refractivity contribution in [1.82, 2.24) is 24.4 Å². The summed E-state index contributed by atoms with van der Waals surface area (Å²) in [4.78, 5) is 27.3. The van der Waals surface area contributed by atoms with E-state index in [0.29, 0.717) is 0 Å². The van der Waals surface area contributed by atoms with Crippen LogP contribution in [-0.2, 0) is 6.18 Å². The second kappa shape index (κ2) is 7.94. The highest BCUT2D eigenvalue weighted by atomic mass is 35.5. The molecule has 0 aromatic carbocycles. The Morgan fingerprint density at radius 2 is 1.97 bits per heavy atom. The van der Waals surface area contributed by atoms with Crippen LogP contribution in [0.15, 0.2) is 30.9 Å². The Kier molecular flexibility index (Phi) is 5.42. The third-order valence-corrected chi connectivity index (χ3v) is 5.69. The van der Waals surface area contributed by atoms with Crippen LogP contribution in [0.1, 0.15) is 25.0 Å². The quantitative estimate of drug-likeness (QED) is 0.422. The Bertz CT molecular complexity index is 1240. The van der Waals surface area contributed by atoms with Gasteiger partial charge in [-0.05, 0) is 37.6 Å². The van der Waals surface area contributed by atoms with Crippen LogP contribution in [0.25, 0.3) is 16.9 Å². The summed E-state index contributed by atoms with van der Waals surface area (Å²) in [5.74, 6) is 0.242. The summed E-state index contributed by atoms with van der Waals surface area (Å²) in [6, 6.07) is 4.13. The van der Waals surface area contributed by atoms with E-state index in [4.69, 9.17) is 16.9 Å². The number of carbonyl (C=O) groups is 1. The number of nitrogens with zero attached hydrogens (tertiary/aromatic N) is 7. The number of aromatic nitrogens is 4. The largest absolute Gasteiger partial charge is 0.418 e. The number of halogens is 4. The van der Waals surface area contributed by atoms with Gasteiger partial charge in [-0.1, -0.05) is 0 Å². The zero-order valence-corrected chi connectivity index (χ0v) is 17.8. The predicted octanol–water partition coefficient (Wildman–Crippen LogP) is 3.96. The molecule has 3 aromatic heterocycles. The highest BCUT2D eigenvalue weighted by Crippen LogP contribution is 2.41. The van der Waals surface area contributed by atoms with Gasteiger partial charge in [-0.2, -0.15) is 18.4 Å². The SMILES string of the molecule is CC1CN(c2ncnc3c2c(C(F)(F)F)cn3-c2cc(C#N)ccn2)C(C)CN1C(=O)Cl. The summed E-state index contributed by atoms with van der Waals surface area (Å²) in [5.41, 5.74) is -0.646. The second-order valence-corrected chi connectivity index (χ2v) is 7.90. The van der Waals surface area contributed by atoms with Crippen molar-refractivity contribution in [2.24, 2.45) is 0 Å². The van der Waals surface area contributed by atoms with E-state index in [2.05, 4.69) is 15.0 Å². The van der Waals surface area contributed by atoms with Gasteiger partial charge in [0.25, 0.3) is 0 Å². The molecule has 3 aromatic rings. The number of fused-ring (bicyclic) bond motifs is 1. The van der Waals surface area contributed by atoms with Crippen molar-refractivity contribution in [3.8, 4) is 11.9 Å². The Hall–Kier alpha value is -3.39. The van der Waals surface area contributed by atoms with E-state index in [1.807, 2.05) is 6.07 Å². The number of hydrogen-bond donors (Lipinski definition) is 0. The normalized spacial score (nSPS) is 19.3. The molecule has 0 aliphatic carbocycles. The molecule has 0 saturated carbocycles. The maximum atomic E-state index is 14.1. The summed E-state index contributed by atoms with van der Waals surface area (Å²) in [7, 11) is 0. The molecule has 0 spiro atoms. The van der Waals surface area contributed by atoms with Crippen LogP contribution < -0.4 is 4.90 Å². The topological polar surface area (TPSA) is 90.9 Å². The molecule has 1 aliphatic rings. The average Bonchev–Trinajstić information content (AvgIpc) is 3.15. The standard InChI is InChI=1S/C20H17ClF3N7O/c1-11-8-30(19(21)32)12(2)7-29(11)17-16-14(20(22,23)24)9-31(18(16)28-10-27-17)15-5-13(6-25)3-4-26-15/h3-5,9-12H,7-8H2,1-2H3. The van der Waals surface area contributed by atoms with E-state index in [-0.39, 0.29) is 53.4 Å². The molecule has 32 heavy (non-hydrogen) atoms. The van der Waals surface area contributed by atoms with Gasteiger partial charge in [-0.25, -0.2) is 15.0 Å². The highest BCUT2D eigenvalue weighted by molar-refractivity contribution is 6.62. The number of amides is 1. The summed E-state index contributed by atoms with van der Waals surface area (Å²) < 4.78 is 43.4. The summed E-state index contributed by atoms with van der Waals surface area (Å²) in [5, 5.41) is 8.37. The van der Waals surface area contributed by atoms with Crippen molar-refractivity contribution in [2.45, 2.75) is 32.1 Å². The van der Waals surface area contributed by atoms with Crippen molar-refractivity contribution in [1.29, 1.82) is 5.26 Å². The van der Waals surface area contributed by atoms with Crippen LogP contribution in [0.3, 0.4) is 0 Å². The van der Waals surface area contributed by atoms with Gasteiger partial charge < -0.3 is 9.80 Å². The smallest absolute Gasteiger partial charge is 0.349 e. The predicted molar refractivity (Wildman–Crippen MR) is 111 cm³/mol. The van der Waals surface area contributed by atoms with Crippen LogP contribution in [-0.4, -0.2) is 55.0 Å². The van der Waals surface area contributed by atoms with Crippen molar-refractivity contribution in [3.63, 3.8) is 0 Å². The minimum atomic E-state index is -4.68. The van der Waals surface area contributed by atoms with E-state index in [1.54, 1.807) is 18.7 Å². The molecule has 4 rings (SSSR count). The molecular formula is C20H17ClF3N7O. The fourth-order valence-electron chi connectivity index (χ4n) is 3.94. The first-order valence-corrected chi connectivity index (χ1v) is 10.0. The van der Waals surface area contributed by atoms with Crippen LogP contribution in [0.5, 0.6) is 0 Å². The van der Waals surface area contributed by atoms with Gasteiger partial charge in [0, 0.05) is 37.6 Å². The third-order valence-electron chi connectivity index (χ3n) is 5.47. The van der Waals surface area contributed by atoms with Gasteiger partial charge in [0.1, 0.15) is 18.0 Å². The molecule has 2 atom stereocenters. The van der Waals surface area contributed by atoms with Crippen molar-refractivity contribution in [2.75, 3.05) is 18.0 Å². The van der Waals surface area contributed by atoms with E-state index >= 15 is 0 Å². The first kappa shape index (κ1) is 21.8. The van der Waals surface area contributed by atoms with Crippen molar-refractivity contribution >= 4 is 33.8 Å². The summed E-state index contributed by atoms with van der Waals surface area (Å²) in [6.45, 7) is 4.04. The van der Waals surface area contributed by atoms with Gasteiger partial charge in [0.15, 0.2) is 5.65 Å². The van der Waals surface area contributed by atoms with E-state index in [1.165, 1.54) is 34.1 Å². The Balaban J connectivity index is 1.91. The monoisotopic (exact) mass is 463 g/mol. The molecule has 1 fully saturated rings. The fraction of sp³-hybridized carbons (Fsp3) is 0.350. The van der Waals surface area contributed by atoms with Gasteiger partial charge in [0.2, 0.25) is 0 Å². The fourth-order valence-corrected chi connectivity index (χ4v) is 4.17. The molecule has 1 aliphatic heterocycles.